The van der Waals surface area contributed by atoms with E-state index in [2.05, 4.69) is 5.32 Å². The molecule has 1 aromatic carbocycles. The molecule has 1 saturated carbocycles. The second kappa shape index (κ2) is 7.01. The van der Waals surface area contributed by atoms with Gasteiger partial charge in [0.05, 0.1) is 6.54 Å². The summed E-state index contributed by atoms with van der Waals surface area (Å²) in [5.41, 5.74) is 0.517. The molecule has 2 aromatic rings. The van der Waals surface area contributed by atoms with Gasteiger partial charge in [-0.3, -0.25) is 14.4 Å². The number of hydrogen-bond donors (Lipinski definition) is 1. The molecule has 3 rings (SSSR count). The molecule has 0 aliphatic heterocycles. The molecule has 1 aliphatic carbocycles. The zero-order valence-electron chi connectivity index (χ0n) is 13.9. The molecule has 6 heteroatoms. The molecule has 1 amide bonds. The van der Waals surface area contributed by atoms with Crippen molar-refractivity contribution in [3.63, 3.8) is 0 Å². The minimum absolute atomic E-state index is 0.0636. The Morgan fingerprint density at radius 1 is 1.24 bits per heavy atom. The summed E-state index contributed by atoms with van der Waals surface area (Å²) in [7, 11) is 1.44. The van der Waals surface area contributed by atoms with E-state index in [1.165, 1.54) is 36.0 Å². The summed E-state index contributed by atoms with van der Waals surface area (Å²) < 4.78 is 14.4. The van der Waals surface area contributed by atoms with E-state index in [-0.39, 0.29) is 23.7 Å². The molecule has 0 saturated heterocycles. The number of nitrogens with zero attached hydrogens (tertiary/aromatic N) is 1. The molecule has 1 aromatic heterocycles. The molecule has 1 aliphatic rings. The van der Waals surface area contributed by atoms with E-state index in [9.17, 15) is 18.8 Å². The first-order valence-electron chi connectivity index (χ1n) is 8.22. The standard InChI is InChI=1S/C19H19FN2O3/c1-21-18(24)16-9-14(17(23)8-12-2-3-12)11-22(19(16)25)10-13-4-6-15(20)7-5-13/h4-7,9,11-12H,2-3,8,10H2,1H3,(H,21,24). The van der Waals surface area contributed by atoms with Crippen LogP contribution >= 0.6 is 0 Å². The third-order valence-corrected chi connectivity index (χ3v) is 4.32. The van der Waals surface area contributed by atoms with Crippen molar-refractivity contribution < 1.29 is 14.0 Å². The van der Waals surface area contributed by atoms with Crippen molar-refractivity contribution in [1.29, 1.82) is 0 Å². The van der Waals surface area contributed by atoms with Crippen molar-refractivity contribution in [2.75, 3.05) is 7.05 Å². The van der Waals surface area contributed by atoms with Gasteiger partial charge in [-0.1, -0.05) is 12.1 Å². The SMILES string of the molecule is CNC(=O)c1cc(C(=O)CC2CC2)cn(Cc2ccc(F)cc2)c1=O. The Labute approximate surface area is 144 Å². The van der Waals surface area contributed by atoms with E-state index in [0.29, 0.717) is 23.5 Å². The second-order valence-electron chi connectivity index (χ2n) is 6.35. The number of hydrogen-bond acceptors (Lipinski definition) is 3. The van der Waals surface area contributed by atoms with Gasteiger partial charge >= 0.3 is 0 Å². The minimum atomic E-state index is -0.529. The minimum Gasteiger partial charge on any atom is -0.355 e. The van der Waals surface area contributed by atoms with E-state index in [1.807, 2.05) is 0 Å². The summed E-state index contributed by atoms with van der Waals surface area (Å²) in [6.45, 7) is 0.160. The molecule has 0 radical (unpaired) electrons. The van der Waals surface area contributed by atoms with Crippen molar-refractivity contribution in [2.24, 2.45) is 5.92 Å². The van der Waals surface area contributed by atoms with Crippen molar-refractivity contribution in [2.45, 2.75) is 25.8 Å². The monoisotopic (exact) mass is 342 g/mol. The molecule has 25 heavy (non-hydrogen) atoms. The smallest absolute Gasteiger partial charge is 0.263 e. The molecule has 1 N–H and O–H groups in total. The number of pyridine rings is 1. The summed E-state index contributed by atoms with van der Waals surface area (Å²) in [5, 5.41) is 2.43. The normalized spacial score (nSPS) is 13.5. The van der Waals surface area contributed by atoms with E-state index in [4.69, 9.17) is 0 Å². The van der Waals surface area contributed by atoms with Gasteiger partial charge in [0.2, 0.25) is 0 Å². The summed E-state index contributed by atoms with van der Waals surface area (Å²) in [4.78, 5) is 37.0. The van der Waals surface area contributed by atoms with Crippen LogP contribution < -0.4 is 10.9 Å². The number of nitrogens with one attached hydrogen (secondary N) is 1. The fourth-order valence-corrected chi connectivity index (χ4v) is 2.69. The number of aromatic nitrogens is 1. The maximum atomic E-state index is 13.1. The van der Waals surface area contributed by atoms with E-state index >= 15 is 0 Å². The molecule has 0 spiro atoms. The highest BCUT2D eigenvalue weighted by atomic mass is 19.1. The first-order chi connectivity index (χ1) is 12.0. The second-order valence-corrected chi connectivity index (χ2v) is 6.35. The number of Topliss-reactive ketones (excluding diaryl/α,β-unsaturated/α-hetero) is 1. The highest BCUT2D eigenvalue weighted by Gasteiger charge is 2.26. The van der Waals surface area contributed by atoms with Gasteiger partial charge in [0.25, 0.3) is 11.5 Å². The summed E-state index contributed by atoms with van der Waals surface area (Å²) >= 11 is 0. The van der Waals surface area contributed by atoms with Crippen LogP contribution in [0.4, 0.5) is 4.39 Å². The number of ketones is 1. The van der Waals surface area contributed by atoms with Crippen molar-refractivity contribution in [3.8, 4) is 0 Å². The first-order valence-corrected chi connectivity index (χ1v) is 8.22. The van der Waals surface area contributed by atoms with Gasteiger partial charge in [-0.15, -0.1) is 0 Å². The average Bonchev–Trinajstić information content (AvgIpc) is 3.41. The van der Waals surface area contributed by atoms with Crippen molar-refractivity contribution in [1.82, 2.24) is 9.88 Å². The Morgan fingerprint density at radius 3 is 2.52 bits per heavy atom. The van der Waals surface area contributed by atoms with Gasteiger partial charge in [0.1, 0.15) is 11.4 Å². The fraction of sp³-hybridized carbons (Fsp3) is 0.316. The predicted molar refractivity (Wildman–Crippen MR) is 91.3 cm³/mol. The molecule has 0 bridgehead atoms. The third-order valence-electron chi connectivity index (χ3n) is 4.32. The topological polar surface area (TPSA) is 68.2 Å². The summed E-state index contributed by atoms with van der Waals surface area (Å²) in [6, 6.07) is 7.12. The molecule has 1 fully saturated rings. The van der Waals surface area contributed by atoms with E-state index in [1.54, 1.807) is 12.1 Å². The maximum absolute atomic E-state index is 13.1. The molecule has 5 nitrogen and oxygen atoms in total. The number of amides is 1. The van der Waals surface area contributed by atoms with E-state index in [0.717, 1.165) is 12.8 Å². The van der Waals surface area contributed by atoms with Crippen molar-refractivity contribution in [3.05, 3.63) is 69.4 Å². The lowest BCUT2D eigenvalue weighted by Crippen LogP contribution is -2.32. The quantitative estimate of drug-likeness (QED) is 0.820. The van der Waals surface area contributed by atoms with E-state index < -0.39 is 11.5 Å². The largest absolute Gasteiger partial charge is 0.355 e. The Hall–Kier alpha value is -2.76. The van der Waals surface area contributed by atoms with Crippen LogP contribution in [0.1, 0.15) is 45.5 Å². The number of rotatable bonds is 6. The van der Waals surface area contributed by atoms with Crippen molar-refractivity contribution >= 4 is 11.7 Å². The zero-order valence-corrected chi connectivity index (χ0v) is 13.9. The summed E-state index contributed by atoms with van der Waals surface area (Å²) in [6.07, 6.45) is 4.01. The van der Waals surface area contributed by atoms with Gasteiger partial charge in [-0.25, -0.2) is 4.39 Å². The van der Waals surface area contributed by atoms with Crippen LogP contribution in [0.2, 0.25) is 0 Å². The third kappa shape index (κ3) is 4.02. The van der Waals surface area contributed by atoms with Gasteiger partial charge < -0.3 is 9.88 Å². The van der Waals surface area contributed by atoms with Crippen LogP contribution in [0.5, 0.6) is 0 Å². The van der Waals surface area contributed by atoms with Gasteiger partial charge in [-0.2, -0.15) is 0 Å². The van der Waals surface area contributed by atoms with Crippen LogP contribution in [0.15, 0.2) is 41.3 Å². The average molecular weight is 342 g/mol. The summed E-state index contributed by atoms with van der Waals surface area (Å²) in [5.74, 6) is -0.552. The Morgan fingerprint density at radius 2 is 1.92 bits per heavy atom. The van der Waals surface area contributed by atoms with Gasteiger partial charge in [0, 0.05) is 25.2 Å². The molecule has 130 valence electrons. The predicted octanol–water partition coefficient (Wildman–Crippen LogP) is 2.38. The number of halogens is 1. The fourth-order valence-electron chi connectivity index (χ4n) is 2.69. The zero-order chi connectivity index (χ0) is 18.0. The van der Waals surface area contributed by atoms with Crippen LogP contribution in [0, 0.1) is 11.7 Å². The van der Waals surface area contributed by atoms with Crippen LogP contribution in [-0.2, 0) is 6.54 Å². The first kappa shape index (κ1) is 17.1. The number of carbonyl (C=O) groups excluding carboxylic acids is 2. The maximum Gasteiger partial charge on any atom is 0.263 e. The molecular formula is C19H19FN2O3. The molecule has 0 unspecified atom stereocenters. The highest BCUT2D eigenvalue weighted by molar-refractivity contribution is 6.00. The lowest BCUT2D eigenvalue weighted by atomic mass is 10.0. The molecule has 1 heterocycles. The Balaban J connectivity index is 1.99. The van der Waals surface area contributed by atoms with Crippen LogP contribution in [-0.4, -0.2) is 23.3 Å². The number of benzene rings is 1. The lowest BCUT2D eigenvalue weighted by molar-refractivity contribution is 0.0961. The molecular weight excluding hydrogens is 323 g/mol. The van der Waals surface area contributed by atoms with Gasteiger partial charge in [0.15, 0.2) is 5.78 Å². The Kier molecular flexibility index (Phi) is 4.79. The van der Waals surface area contributed by atoms with Crippen LogP contribution in [0.25, 0.3) is 0 Å². The molecule has 0 atom stereocenters. The lowest BCUT2D eigenvalue weighted by Gasteiger charge is -2.11. The number of carbonyl (C=O) groups is 2. The Bertz CT molecular complexity index is 867. The highest BCUT2D eigenvalue weighted by Crippen LogP contribution is 2.33. The van der Waals surface area contributed by atoms with Gasteiger partial charge in [-0.05, 0) is 42.5 Å². The van der Waals surface area contributed by atoms with Crippen LogP contribution in [0.3, 0.4) is 0 Å².